The molecule has 2 aliphatic rings. The van der Waals surface area contributed by atoms with Crippen molar-refractivity contribution in [3.8, 4) is 0 Å². The van der Waals surface area contributed by atoms with E-state index in [9.17, 15) is 9.59 Å². The minimum atomic E-state index is -0.0508. The molecule has 0 aliphatic heterocycles. The quantitative estimate of drug-likeness (QED) is 0.497. The van der Waals surface area contributed by atoms with E-state index in [1.807, 2.05) is 24.3 Å². The molecule has 5 heteroatoms. The molecule has 5 atom stereocenters. The van der Waals surface area contributed by atoms with E-state index < -0.39 is 0 Å². The maximum atomic E-state index is 12.8. The van der Waals surface area contributed by atoms with Crippen LogP contribution in [0.1, 0.15) is 76.6 Å². The third-order valence-electron chi connectivity index (χ3n) is 6.87. The highest BCUT2D eigenvalue weighted by Crippen LogP contribution is 2.49. The van der Waals surface area contributed by atoms with Crippen molar-refractivity contribution >= 4 is 23.6 Å². The average molecular weight is 431 g/mol. The van der Waals surface area contributed by atoms with Crippen molar-refractivity contribution in [1.82, 2.24) is 10.6 Å². The zero-order chi connectivity index (χ0) is 21.7. The van der Waals surface area contributed by atoms with E-state index in [0.29, 0.717) is 23.2 Å². The van der Waals surface area contributed by atoms with E-state index in [-0.39, 0.29) is 23.9 Å². The average Bonchev–Trinajstić information content (AvgIpc) is 3.34. The van der Waals surface area contributed by atoms with Crippen LogP contribution in [0.15, 0.2) is 29.2 Å². The number of thioether (sulfide) groups is 1. The molecule has 2 aliphatic carbocycles. The third-order valence-corrected chi connectivity index (χ3v) is 7.94. The van der Waals surface area contributed by atoms with Crippen LogP contribution in [0.5, 0.6) is 0 Å². The largest absolute Gasteiger partial charge is 0.353 e. The Morgan fingerprint density at radius 3 is 2.47 bits per heavy atom. The molecule has 2 fully saturated rings. The number of carbonyl (C=O) groups excluding carboxylic acids is 2. The van der Waals surface area contributed by atoms with E-state index in [2.05, 4.69) is 38.3 Å². The number of carbonyl (C=O) groups is 2. The summed E-state index contributed by atoms with van der Waals surface area (Å²) in [4.78, 5) is 26.2. The number of hydrogen-bond donors (Lipinski definition) is 2. The van der Waals surface area contributed by atoms with Crippen LogP contribution in [-0.4, -0.2) is 29.7 Å². The van der Waals surface area contributed by atoms with Gasteiger partial charge in [0.2, 0.25) is 5.91 Å². The van der Waals surface area contributed by atoms with Gasteiger partial charge in [-0.3, -0.25) is 9.59 Å². The number of rotatable bonds is 10. The van der Waals surface area contributed by atoms with Crippen LogP contribution in [0.2, 0.25) is 0 Å². The number of nitrogens with one attached hydrogen (secondary N) is 2. The molecule has 1 aromatic carbocycles. The highest BCUT2D eigenvalue weighted by Gasteiger charge is 2.42. The van der Waals surface area contributed by atoms with Crippen molar-refractivity contribution in [3.63, 3.8) is 0 Å². The summed E-state index contributed by atoms with van der Waals surface area (Å²) in [5.74, 6) is 3.33. The molecule has 5 unspecified atom stereocenters. The van der Waals surface area contributed by atoms with Crippen molar-refractivity contribution in [3.05, 3.63) is 29.8 Å². The predicted molar refractivity (Wildman–Crippen MR) is 125 cm³/mol. The molecule has 2 saturated carbocycles. The minimum Gasteiger partial charge on any atom is -0.353 e. The van der Waals surface area contributed by atoms with E-state index >= 15 is 0 Å². The van der Waals surface area contributed by atoms with Gasteiger partial charge in [-0.2, -0.15) is 0 Å². The van der Waals surface area contributed by atoms with Gasteiger partial charge < -0.3 is 10.6 Å². The van der Waals surface area contributed by atoms with Gasteiger partial charge in [-0.25, -0.2) is 0 Å². The lowest BCUT2D eigenvalue weighted by Gasteiger charge is -2.28. The predicted octanol–water partition coefficient (Wildman–Crippen LogP) is 5.27. The van der Waals surface area contributed by atoms with Gasteiger partial charge in [0.05, 0.1) is 11.3 Å². The van der Waals surface area contributed by atoms with Crippen LogP contribution in [-0.2, 0) is 4.79 Å². The van der Waals surface area contributed by atoms with Crippen molar-refractivity contribution in [2.75, 3.05) is 5.75 Å². The van der Waals surface area contributed by atoms with Crippen LogP contribution in [0, 0.1) is 23.7 Å². The van der Waals surface area contributed by atoms with E-state index in [4.69, 9.17) is 0 Å². The summed E-state index contributed by atoms with van der Waals surface area (Å²) in [5, 5.41) is 6.34. The van der Waals surface area contributed by atoms with Crippen molar-refractivity contribution in [2.45, 2.75) is 83.2 Å². The van der Waals surface area contributed by atoms with E-state index in [1.54, 1.807) is 0 Å². The summed E-state index contributed by atoms with van der Waals surface area (Å²) in [7, 11) is 0. The van der Waals surface area contributed by atoms with Crippen LogP contribution in [0.3, 0.4) is 0 Å². The molecule has 166 valence electrons. The lowest BCUT2D eigenvalue weighted by atomic mass is 9.84. The summed E-state index contributed by atoms with van der Waals surface area (Å²) < 4.78 is 0. The Morgan fingerprint density at radius 2 is 1.80 bits per heavy atom. The van der Waals surface area contributed by atoms with Gasteiger partial charge in [-0.05, 0) is 81.8 Å². The molecule has 3 rings (SSSR count). The first-order chi connectivity index (χ1) is 14.3. The molecule has 0 radical (unpaired) electrons. The molecule has 0 heterocycles. The number of fused-ring (bicyclic) bond motifs is 2. The Labute approximate surface area is 186 Å². The Bertz CT molecular complexity index is 736. The molecule has 1 aromatic rings. The molecule has 0 spiro atoms. The zero-order valence-electron chi connectivity index (χ0n) is 18.9. The Hall–Kier alpha value is -1.49. The van der Waals surface area contributed by atoms with Gasteiger partial charge >= 0.3 is 0 Å². The second-order valence-corrected chi connectivity index (χ2v) is 10.8. The topological polar surface area (TPSA) is 58.2 Å². The van der Waals surface area contributed by atoms with Crippen LogP contribution >= 0.6 is 11.8 Å². The van der Waals surface area contributed by atoms with Gasteiger partial charge in [-0.1, -0.05) is 32.4 Å². The van der Waals surface area contributed by atoms with Crippen molar-refractivity contribution in [1.29, 1.82) is 0 Å². The number of benzene rings is 1. The fraction of sp³-hybridized carbons (Fsp3) is 0.680. The monoisotopic (exact) mass is 430 g/mol. The third kappa shape index (κ3) is 6.26. The highest BCUT2D eigenvalue weighted by atomic mass is 32.2. The Morgan fingerprint density at radius 1 is 1.03 bits per heavy atom. The second kappa shape index (κ2) is 10.7. The van der Waals surface area contributed by atoms with Crippen molar-refractivity contribution in [2.24, 2.45) is 23.7 Å². The van der Waals surface area contributed by atoms with E-state index in [0.717, 1.165) is 29.6 Å². The first-order valence-corrected chi connectivity index (χ1v) is 12.6. The summed E-state index contributed by atoms with van der Waals surface area (Å²) in [6.07, 6.45) is 7.42. The normalized spacial score (nSPS) is 24.6. The number of amides is 2. The standard InChI is InChI=1S/C25H38N2O2S/c1-16(2)9-10-17(3)26-25(29)21-7-5-6-8-23(21)30-15-24(28)27-18(4)22-14-19-11-12-20(22)13-19/h5-8,16-20,22H,9-15H2,1-4H3,(H,26,29)(H,27,28). The van der Waals surface area contributed by atoms with Gasteiger partial charge in [0.1, 0.15) is 0 Å². The second-order valence-electron chi connectivity index (χ2n) is 9.83. The molecule has 2 bridgehead atoms. The van der Waals surface area contributed by atoms with Gasteiger partial charge in [0.15, 0.2) is 0 Å². The molecule has 30 heavy (non-hydrogen) atoms. The molecule has 2 amide bonds. The minimum absolute atomic E-state index is 0.0508. The smallest absolute Gasteiger partial charge is 0.252 e. The summed E-state index contributed by atoms with van der Waals surface area (Å²) in [6.45, 7) is 8.61. The first-order valence-electron chi connectivity index (χ1n) is 11.7. The van der Waals surface area contributed by atoms with Crippen LogP contribution in [0.4, 0.5) is 0 Å². The van der Waals surface area contributed by atoms with Gasteiger partial charge in [-0.15, -0.1) is 11.8 Å². The lowest BCUT2D eigenvalue weighted by Crippen LogP contribution is -2.41. The Balaban J connectivity index is 1.49. The van der Waals surface area contributed by atoms with Gasteiger partial charge in [0.25, 0.3) is 5.91 Å². The molecule has 2 N–H and O–H groups in total. The molecule has 4 nitrogen and oxygen atoms in total. The highest BCUT2D eigenvalue weighted by molar-refractivity contribution is 8.00. The molecule has 0 aromatic heterocycles. The first kappa shape index (κ1) is 23.2. The lowest BCUT2D eigenvalue weighted by molar-refractivity contribution is -0.119. The number of hydrogen-bond acceptors (Lipinski definition) is 3. The summed E-state index contributed by atoms with van der Waals surface area (Å²) in [6, 6.07) is 7.98. The van der Waals surface area contributed by atoms with Gasteiger partial charge in [0, 0.05) is 17.0 Å². The summed E-state index contributed by atoms with van der Waals surface area (Å²) >= 11 is 1.46. The van der Waals surface area contributed by atoms with Crippen LogP contribution < -0.4 is 10.6 Å². The fourth-order valence-corrected chi connectivity index (χ4v) is 6.05. The molecule has 0 saturated heterocycles. The molecular formula is C25H38N2O2S. The fourth-order valence-electron chi connectivity index (χ4n) is 5.19. The summed E-state index contributed by atoms with van der Waals surface area (Å²) in [5.41, 5.74) is 0.660. The maximum absolute atomic E-state index is 12.8. The zero-order valence-corrected chi connectivity index (χ0v) is 19.8. The Kier molecular flexibility index (Phi) is 8.27. The van der Waals surface area contributed by atoms with Crippen molar-refractivity contribution < 1.29 is 9.59 Å². The maximum Gasteiger partial charge on any atom is 0.252 e. The van der Waals surface area contributed by atoms with E-state index in [1.165, 1.54) is 37.4 Å². The van der Waals surface area contributed by atoms with Crippen LogP contribution in [0.25, 0.3) is 0 Å². The molecular weight excluding hydrogens is 392 g/mol. The SMILES string of the molecule is CC(C)CCC(C)NC(=O)c1ccccc1SCC(=O)NC(C)C1CC2CCC1C2.